The lowest BCUT2D eigenvalue weighted by molar-refractivity contribution is -0.132. The summed E-state index contributed by atoms with van der Waals surface area (Å²) in [5.41, 5.74) is 0.619. The van der Waals surface area contributed by atoms with Crippen molar-refractivity contribution in [2.24, 2.45) is 5.14 Å². The molecule has 1 unspecified atom stereocenters. The van der Waals surface area contributed by atoms with E-state index in [1.807, 2.05) is 6.92 Å². The summed E-state index contributed by atoms with van der Waals surface area (Å²) in [4.78, 5) is 28.0. The zero-order valence-corrected chi connectivity index (χ0v) is 19.8. The van der Waals surface area contributed by atoms with Crippen LogP contribution in [0.15, 0.2) is 76.5 Å². The van der Waals surface area contributed by atoms with E-state index in [1.165, 1.54) is 40.5 Å². The minimum atomic E-state index is -3.92. The number of hydrogen-bond acceptors (Lipinski definition) is 7. The maximum absolute atomic E-state index is 13.1. The zero-order valence-electron chi connectivity index (χ0n) is 18.2. The fraction of sp³-hybridized carbons (Fsp3) is 0.167. The molecule has 1 atom stereocenters. The summed E-state index contributed by atoms with van der Waals surface area (Å²) in [5.74, 6) is -1.34. The number of primary sulfonamides is 1. The number of nitrogens with two attached hydrogens (primary N) is 1. The van der Waals surface area contributed by atoms with Gasteiger partial charge >= 0.3 is 0 Å². The Hall–Kier alpha value is -3.47. The van der Waals surface area contributed by atoms with Gasteiger partial charge in [-0.3, -0.25) is 14.5 Å². The van der Waals surface area contributed by atoms with Crippen LogP contribution in [0.5, 0.6) is 5.75 Å². The third kappa shape index (κ3) is 4.47. The normalized spacial score (nSPS) is 17.8. The molecule has 1 aliphatic rings. The minimum Gasteiger partial charge on any atom is -0.507 e. The molecule has 1 amide bonds. The van der Waals surface area contributed by atoms with Crippen LogP contribution in [-0.2, 0) is 19.6 Å². The number of sulfonamides is 1. The Morgan fingerprint density at radius 1 is 1.09 bits per heavy atom. The van der Waals surface area contributed by atoms with Gasteiger partial charge in [-0.15, -0.1) is 11.3 Å². The van der Waals surface area contributed by atoms with Crippen molar-refractivity contribution >= 4 is 44.5 Å². The van der Waals surface area contributed by atoms with Crippen LogP contribution in [0.25, 0.3) is 5.76 Å². The second-order valence-corrected chi connectivity index (χ2v) is 10.1. The fourth-order valence-corrected chi connectivity index (χ4v) is 5.03. The van der Waals surface area contributed by atoms with Crippen molar-refractivity contribution in [2.75, 3.05) is 11.5 Å². The highest BCUT2D eigenvalue weighted by Gasteiger charge is 2.47. The van der Waals surface area contributed by atoms with Gasteiger partial charge in [-0.05, 0) is 66.4 Å². The highest BCUT2D eigenvalue weighted by molar-refractivity contribution is 7.89. The first-order valence-electron chi connectivity index (χ1n) is 10.4. The molecular formula is C24H22N2O6S2. The van der Waals surface area contributed by atoms with Crippen molar-refractivity contribution in [3.05, 3.63) is 82.1 Å². The molecule has 0 radical (unpaired) electrons. The molecule has 0 saturated carbocycles. The molecule has 8 nitrogen and oxygen atoms in total. The molecule has 0 aliphatic carbocycles. The molecular weight excluding hydrogens is 476 g/mol. The van der Waals surface area contributed by atoms with Crippen LogP contribution < -0.4 is 14.8 Å². The molecule has 3 N–H and O–H groups in total. The summed E-state index contributed by atoms with van der Waals surface area (Å²) in [5, 5.41) is 18.1. The Morgan fingerprint density at radius 3 is 2.32 bits per heavy atom. The molecule has 1 aliphatic heterocycles. The Bertz CT molecular complexity index is 1350. The molecule has 1 saturated heterocycles. The standard InChI is InChI=1S/C24H22N2O6S2/c1-2-13-32-17-9-5-15(6-10-17)22(27)20-21(19-4-3-14-33-19)26(24(29)23(20)28)16-7-11-18(12-8-16)34(25,30)31/h3-12,14,21,27H,2,13H2,1H3,(H2,25,30,31)/b22-20-. The number of thiophene rings is 1. The van der Waals surface area contributed by atoms with Gasteiger partial charge in [-0.25, -0.2) is 13.6 Å². The molecule has 3 aromatic rings. The largest absolute Gasteiger partial charge is 0.507 e. The summed E-state index contributed by atoms with van der Waals surface area (Å²) in [6, 6.07) is 14.6. The summed E-state index contributed by atoms with van der Waals surface area (Å²) in [6.07, 6.45) is 0.851. The van der Waals surface area contributed by atoms with Crippen molar-refractivity contribution in [3.8, 4) is 5.75 Å². The molecule has 10 heteroatoms. The number of carbonyl (C=O) groups excluding carboxylic acids is 2. The number of hydrogen-bond donors (Lipinski definition) is 2. The molecule has 0 spiro atoms. The van der Waals surface area contributed by atoms with Crippen LogP contribution in [0.2, 0.25) is 0 Å². The van der Waals surface area contributed by atoms with Crippen LogP contribution >= 0.6 is 11.3 Å². The van der Waals surface area contributed by atoms with Crippen molar-refractivity contribution in [1.82, 2.24) is 0 Å². The van der Waals surface area contributed by atoms with Crippen molar-refractivity contribution in [1.29, 1.82) is 0 Å². The second kappa shape index (κ2) is 9.41. The lowest BCUT2D eigenvalue weighted by atomic mass is 9.99. The highest BCUT2D eigenvalue weighted by Crippen LogP contribution is 2.43. The molecule has 176 valence electrons. The van der Waals surface area contributed by atoms with Crippen LogP contribution in [-0.4, -0.2) is 31.8 Å². The highest BCUT2D eigenvalue weighted by atomic mass is 32.2. The van der Waals surface area contributed by atoms with Gasteiger partial charge in [-0.2, -0.15) is 0 Å². The number of aliphatic hydroxyl groups is 1. The van der Waals surface area contributed by atoms with Gasteiger partial charge in [0.05, 0.1) is 17.1 Å². The van der Waals surface area contributed by atoms with E-state index in [2.05, 4.69) is 0 Å². The molecule has 2 aromatic carbocycles. The maximum Gasteiger partial charge on any atom is 0.300 e. The monoisotopic (exact) mass is 498 g/mol. The number of benzene rings is 2. The number of ether oxygens (including phenoxy) is 1. The van der Waals surface area contributed by atoms with Crippen LogP contribution in [0.3, 0.4) is 0 Å². The van der Waals surface area contributed by atoms with Crippen LogP contribution in [0, 0.1) is 0 Å². The topological polar surface area (TPSA) is 127 Å². The van der Waals surface area contributed by atoms with Crippen molar-refractivity contribution in [2.45, 2.75) is 24.3 Å². The lowest BCUT2D eigenvalue weighted by Crippen LogP contribution is -2.29. The smallest absolute Gasteiger partial charge is 0.300 e. The number of amides is 1. The third-order valence-electron chi connectivity index (χ3n) is 5.30. The van der Waals surface area contributed by atoms with Gasteiger partial charge in [0.15, 0.2) is 0 Å². The summed E-state index contributed by atoms with van der Waals surface area (Å²) in [7, 11) is -3.92. The Labute approximate surface area is 201 Å². The van der Waals surface area contributed by atoms with Crippen molar-refractivity contribution < 1.29 is 27.9 Å². The predicted octanol–water partition coefficient (Wildman–Crippen LogP) is 3.81. The number of aliphatic hydroxyl groups excluding tert-OH is 1. The quantitative estimate of drug-likeness (QED) is 0.290. The number of carbonyl (C=O) groups is 2. The van der Waals surface area contributed by atoms with Crippen LogP contribution in [0.1, 0.15) is 29.8 Å². The third-order valence-corrected chi connectivity index (χ3v) is 7.16. The van der Waals surface area contributed by atoms with E-state index in [9.17, 15) is 23.1 Å². The molecule has 0 bridgehead atoms. The van der Waals surface area contributed by atoms with Gasteiger partial charge in [0.2, 0.25) is 10.0 Å². The Kier molecular flexibility index (Phi) is 6.56. The van der Waals surface area contributed by atoms with E-state index in [4.69, 9.17) is 9.88 Å². The summed E-state index contributed by atoms with van der Waals surface area (Å²) in [6.45, 7) is 2.55. The second-order valence-electron chi connectivity index (χ2n) is 7.60. The fourth-order valence-electron chi connectivity index (χ4n) is 3.70. The zero-order chi connectivity index (χ0) is 24.5. The first kappa shape index (κ1) is 23.7. The number of nitrogens with zero attached hydrogens (tertiary/aromatic N) is 1. The van der Waals surface area contributed by atoms with E-state index >= 15 is 0 Å². The maximum atomic E-state index is 13.1. The van der Waals surface area contributed by atoms with E-state index in [0.717, 1.165) is 6.42 Å². The lowest BCUT2D eigenvalue weighted by Gasteiger charge is -2.24. The number of Topliss-reactive ketones (excluding diaryl/α,β-unsaturated/α-hetero) is 1. The van der Waals surface area contributed by atoms with Gasteiger partial charge < -0.3 is 9.84 Å². The predicted molar refractivity (Wildman–Crippen MR) is 129 cm³/mol. The van der Waals surface area contributed by atoms with E-state index in [0.29, 0.717) is 28.5 Å². The van der Waals surface area contributed by atoms with Gasteiger partial charge in [0.1, 0.15) is 17.6 Å². The molecule has 1 fully saturated rings. The SMILES string of the molecule is CCCOc1ccc(/C(O)=C2/C(=O)C(=O)N(c3ccc(S(N)(=O)=O)cc3)C2c2cccs2)cc1. The van der Waals surface area contributed by atoms with Crippen molar-refractivity contribution in [3.63, 3.8) is 0 Å². The summed E-state index contributed by atoms with van der Waals surface area (Å²) >= 11 is 1.33. The van der Waals surface area contributed by atoms with E-state index < -0.39 is 27.8 Å². The van der Waals surface area contributed by atoms with Gasteiger partial charge in [-0.1, -0.05) is 13.0 Å². The minimum absolute atomic E-state index is 0.0507. The molecule has 34 heavy (non-hydrogen) atoms. The Balaban J connectivity index is 1.80. The molecule has 4 rings (SSSR count). The number of ketones is 1. The number of anilines is 1. The molecule has 1 aromatic heterocycles. The average molecular weight is 499 g/mol. The summed E-state index contributed by atoms with van der Waals surface area (Å²) < 4.78 is 28.8. The molecule has 2 heterocycles. The average Bonchev–Trinajstić information content (AvgIpc) is 3.44. The van der Waals surface area contributed by atoms with E-state index in [1.54, 1.807) is 41.8 Å². The van der Waals surface area contributed by atoms with Crippen LogP contribution in [0.4, 0.5) is 5.69 Å². The Morgan fingerprint density at radius 2 is 1.76 bits per heavy atom. The van der Waals surface area contributed by atoms with Gasteiger partial charge in [0.25, 0.3) is 11.7 Å². The van der Waals surface area contributed by atoms with E-state index in [-0.39, 0.29) is 16.2 Å². The first-order chi connectivity index (χ1) is 16.2. The first-order valence-corrected chi connectivity index (χ1v) is 12.9. The number of rotatable bonds is 7. The van der Waals surface area contributed by atoms with Gasteiger partial charge in [0, 0.05) is 16.1 Å².